The highest BCUT2D eigenvalue weighted by Gasteiger charge is 2.07. The van der Waals surface area contributed by atoms with Gasteiger partial charge in [0.2, 0.25) is 0 Å². The Kier molecular flexibility index (Phi) is 3.98. The van der Waals surface area contributed by atoms with Gasteiger partial charge in [-0.25, -0.2) is 4.98 Å². The van der Waals surface area contributed by atoms with Crippen molar-refractivity contribution in [3.8, 4) is 17.0 Å². The summed E-state index contributed by atoms with van der Waals surface area (Å²) in [4.78, 5) is 4.68. The number of aromatic nitrogens is 2. The van der Waals surface area contributed by atoms with E-state index in [9.17, 15) is 0 Å². The number of rotatable bonds is 4. The SMILES string of the molecule is Cc1ccc(COc2ccc(-c3cn4ccccc4n3)cc2C)cc1. The number of fused-ring (bicyclic) bond motifs is 1. The predicted octanol–water partition coefficient (Wildman–Crippen LogP) is 5.20. The van der Waals surface area contributed by atoms with Crippen molar-refractivity contribution in [2.45, 2.75) is 20.5 Å². The van der Waals surface area contributed by atoms with E-state index in [2.05, 4.69) is 61.4 Å². The molecule has 2 heterocycles. The minimum Gasteiger partial charge on any atom is -0.489 e. The van der Waals surface area contributed by atoms with Crippen LogP contribution in [-0.2, 0) is 6.61 Å². The lowest BCUT2D eigenvalue weighted by atomic mass is 10.1. The number of ether oxygens (including phenoxy) is 1. The van der Waals surface area contributed by atoms with Gasteiger partial charge >= 0.3 is 0 Å². The minimum atomic E-state index is 0.578. The summed E-state index contributed by atoms with van der Waals surface area (Å²) in [5, 5.41) is 0. The molecule has 2 aromatic heterocycles. The molecule has 3 heteroatoms. The lowest BCUT2D eigenvalue weighted by Gasteiger charge is -2.10. The molecule has 4 aromatic rings. The molecule has 0 saturated carbocycles. The van der Waals surface area contributed by atoms with Gasteiger partial charge in [-0.15, -0.1) is 0 Å². The maximum absolute atomic E-state index is 5.99. The Bertz CT molecular complexity index is 983. The van der Waals surface area contributed by atoms with E-state index in [0.717, 1.165) is 28.2 Å². The van der Waals surface area contributed by atoms with Crippen LogP contribution in [0.5, 0.6) is 5.75 Å². The lowest BCUT2D eigenvalue weighted by Crippen LogP contribution is -1.97. The summed E-state index contributed by atoms with van der Waals surface area (Å²) in [7, 11) is 0. The predicted molar refractivity (Wildman–Crippen MR) is 101 cm³/mol. The number of nitrogens with zero attached hydrogens (tertiary/aromatic N) is 2. The summed E-state index contributed by atoms with van der Waals surface area (Å²) in [6, 6.07) is 20.7. The topological polar surface area (TPSA) is 26.5 Å². The lowest BCUT2D eigenvalue weighted by molar-refractivity contribution is 0.304. The van der Waals surface area contributed by atoms with Gasteiger partial charge in [-0.1, -0.05) is 35.9 Å². The molecule has 0 bridgehead atoms. The van der Waals surface area contributed by atoms with Gasteiger partial charge in [0.25, 0.3) is 0 Å². The molecule has 0 radical (unpaired) electrons. The van der Waals surface area contributed by atoms with Gasteiger partial charge in [0.05, 0.1) is 5.69 Å². The molecule has 3 nitrogen and oxygen atoms in total. The summed E-state index contributed by atoms with van der Waals surface area (Å²) in [6.45, 7) is 4.74. The molecular formula is C22H20N2O. The van der Waals surface area contributed by atoms with Crippen LogP contribution in [-0.4, -0.2) is 9.38 Å². The van der Waals surface area contributed by atoms with Crippen molar-refractivity contribution in [1.29, 1.82) is 0 Å². The molecule has 0 unspecified atom stereocenters. The molecule has 4 rings (SSSR count). The van der Waals surface area contributed by atoms with Crippen LogP contribution in [0.15, 0.2) is 73.1 Å². The van der Waals surface area contributed by atoms with Crippen molar-refractivity contribution >= 4 is 5.65 Å². The van der Waals surface area contributed by atoms with Crippen LogP contribution in [0.2, 0.25) is 0 Å². The quantitative estimate of drug-likeness (QED) is 0.515. The van der Waals surface area contributed by atoms with Crippen molar-refractivity contribution < 1.29 is 4.74 Å². The minimum absolute atomic E-state index is 0.578. The van der Waals surface area contributed by atoms with Crippen molar-refractivity contribution in [2.75, 3.05) is 0 Å². The number of hydrogen-bond donors (Lipinski definition) is 0. The van der Waals surface area contributed by atoms with E-state index in [0.29, 0.717) is 6.61 Å². The van der Waals surface area contributed by atoms with Gasteiger partial charge in [-0.3, -0.25) is 0 Å². The average Bonchev–Trinajstić information content (AvgIpc) is 3.06. The zero-order chi connectivity index (χ0) is 17.2. The fraction of sp³-hybridized carbons (Fsp3) is 0.136. The second-order valence-electron chi connectivity index (χ2n) is 6.35. The van der Waals surface area contributed by atoms with Crippen molar-refractivity contribution in [3.05, 3.63) is 89.7 Å². The van der Waals surface area contributed by atoms with Gasteiger partial charge < -0.3 is 9.14 Å². The molecule has 2 aromatic carbocycles. The summed E-state index contributed by atoms with van der Waals surface area (Å²) in [5.41, 5.74) is 6.57. The normalized spacial score (nSPS) is 11.0. The van der Waals surface area contributed by atoms with Gasteiger partial charge in [-0.2, -0.15) is 0 Å². The van der Waals surface area contributed by atoms with Crippen molar-refractivity contribution in [2.24, 2.45) is 0 Å². The fourth-order valence-electron chi connectivity index (χ4n) is 2.89. The largest absolute Gasteiger partial charge is 0.489 e. The molecule has 0 fully saturated rings. The van der Waals surface area contributed by atoms with Gasteiger partial charge in [0, 0.05) is 18.0 Å². The Morgan fingerprint density at radius 1 is 0.960 bits per heavy atom. The third kappa shape index (κ3) is 3.26. The third-order valence-electron chi connectivity index (χ3n) is 4.35. The molecule has 124 valence electrons. The maximum Gasteiger partial charge on any atom is 0.137 e. The molecule has 0 amide bonds. The van der Waals surface area contributed by atoms with Crippen LogP contribution in [0.25, 0.3) is 16.9 Å². The molecule has 0 aliphatic rings. The third-order valence-corrected chi connectivity index (χ3v) is 4.35. The van der Waals surface area contributed by atoms with E-state index >= 15 is 0 Å². The molecule has 0 saturated heterocycles. The number of imidazole rings is 1. The number of aryl methyl sites for hydroxylation is 2. The second kappa shape index (κ2) is 6.44. The zero-order valence-electron chi connectivity index (χ0n) is 14.4. The Hall–Kier alpha value is -3.07. The average molecular weight is 328 g/mol. The van der Waals surface area contributed by atoms with Crippen molar-refractivity contribution in [3.63, 3.8) is 0 Å². The van der Waals surface area contributed by atoms with E-state index in [4.69, 9.17) is 4.74 Å². The monoisotopic (exact) mass is 328 g/mol. The zero-order valence-corrected chi connectivity index (χ0v) is 14.4. The van der Waals surface area contributed by atoms with Crippen LogP contribution >= 0.6 is 0 Å². The highest BCUT2D eigenvalue weighted by Crippen LogP contribution is 2.26. The molecule has 25 heavy (non-hydrogen) atoms. The van der Waals surface area contributed by atoms with E-state index in [1.165, 1.54) is 11.1 Å². The molecule has 0 atom stereocenters. The summed E-state index contributed by atoms with van der Waals surface area (Å²) in [6.07, 6.45) is 4.06. The molecule has 0 aliphatic heterocycles. The highest BCUT2D eigenvalue weighted by atomic mass is 16.5. The van der Waals surface area contributed by atoms with Crippen LogP contribution in [0.1, 0.15) is 16.7 Å². The summed E-state index contributed by atoms with van der Waals surface area (Å²) < 4.78 is 8.02. The van der Waals surface area contributed by atoms with Gasteiger partial charge in [-0.05, 0) is 55.3 Å². The number of pyridine rings is 1. The Labute approximate surface area is 147 Å². The first-order chi connectivity index (χ1) is 12.2. The Morgan fingerprint density at radius 2 is 1.80 bits per heavy atom. The molecule has 0 N–H and O–H groups in total. The van der Waals surface area contributed by atoms with Crippen LogP contribution < -0.4 is 4.74 Å². The number of hydrogen-bond acceptors (Lipinski definition) is 2. The second-order valence-corrected chi connectivity index (χ2v) is 6.35. The smallest absolute Gasteiger partial charge is 0.137 e. The van der Waals surface area contributed by atoms with E-state index in [1.807, 2.05) is 34.9 Å². The van der Waals surface area contributed by atoms with Crippen LogP contribution in [0.4, 0.5) is 0 Å². The van der Waals surface area contributed by atoms with Gasteiger partial charge in [0.1, 0.15) is 18.0 Å². The maximum atomic E-state index is 5.99. The van der Waals surface area contributed by atoms with E-state index < -0.39 is 0 Å². The van der Waals surface area contributed by atoms with Crippen molar-refractivity contribution in [1.82, 2.24) is 9.38 Å². The highest BCUT2D eigenvalue weighted by molar-refractivity contribution is 5.64. The van der Waals surface area contributed by atoms with Crippen LogP contribution in [0.3, 0.4) is 0 Å². The van der Waals surface area contributed by atoms with E-state index in [-0.39, 0.29) is 0 Å². The Balaban J connectivity index is 1.54. The van der Waals surface area contributed by atoms with Gasteiger partial charge in [0.15, 0.2) is 0 Å². The molecular weight excluding hydrogens is 308 g/mol. The first kappa shape index (κ1) is 15.5. The number of benzene rings is 2. The first-order valence-corrected chi connectivity index (χ1v) is 8.42. The summed E-state index contributed by atoms with van der Waals surface area (Å²) in [5.74, 6) is 0.910. The first-order valence-electron chi connectivity index (χ1n) is 8.42. The fourth-order valence-corrected chi connectivity index (χ4v) is 2.89. The Morgan fingerprint density at radius 3 is 2.56 bits per heavy atom. The summed E-state index contributed by atoms with van der Waals surface area (Å²) >= 11 is 0. The van der Waals surface area contributed by atoms with E-state index in [1.54, 1.807) is 0 Å². The molecule has 0 spiro atoms. The molecule has 0 aliphatic carbocycles. The van der Waals surface area contributed by atoms with Crippen LogP contribution in [0, 0.1) is 13.8 Å². The standard InChI is InChI=1S/C22H20N2O/c1-16-6-8-18(9-7-16)15-25-21-11-10-19(13-17(21)2)20-14-24-12-4-3-5-22(24)23-20/h3-14H,15H2,1-2H3.